The van der Waals surface area contributed by atoms with Crippen molar-refractivity contribution in [3.63, 3.8) is 0 Å². The fraction of sp³-hybridized carbons (Fsp3) is 0.875. The van der Waals surface area contributed by atoms with Crippen molar-refractivity contribution < 1.29 is 24.5 Å². The van der Waals surface area contributed by atoms with Crippen LogP contribution in [0.5, 0.6) is 0 Å². The highest BCUT2D eigenvalue weighted by Gasteiger charge is 2.20. The summed E-state index contributed by atoms with van der Waals surface area (Å²) < 4.78 is 5.46. The van der Waals surface area contributed by atoms with Gasteiger partial charge in [0.05, 0.1) is 25.4 Å². The Kier molecular flexibility index (Phi) is 58.0. The molecule has 1 amide bonds. The quantitative estimate of drug-likeness (QED) is 0.0321. The lowest BCUT2D eigenvalue weighted by atomic mass is 10.0. The van der Waals surface area contributed by atoms with Crippen LogP contribution >= 0.6 is 0 Å². The van der Waals surface area contributed by atoms with Gasteiger partial charge in [0.1, 0.15) is 0 Å². The van der Waals surface area contributed by atoms with E-state index in [0.29, 0.717) is 25.9 Å². The fourth-order valence-corrected chi connectivity index (χ4v) is 9.61. The summed E-state index contributed by atoms with van der Waals surface area (Å²) in [5.74, 6) is -0.0502. The van der Waals surface area contributed by atoms with Crippen LogP contribution in [0.2, 0.25) is 0 Å². The number of carbonyl (C=O) groups is 2. The second-order valence-electron chi connectivity index (χ2n) is 21.4. The summed E-state index contributed by atoms with van der Waals surface area (Å²) in [6, 6.07) is -0.549. The van der Waals surface area contributed by atoms with Crippen LogP contribution in [0.15, 0.2) is 36.5 Å². The molecule has 0 aromatic heterocycles. The molecule has 0 aliphatic rings. The first-order chi connectivity index (χ1) is 34.5. The smallest absolute Gasteiger partial charge is 0.305 e. The summed E-state index contributed by atoms with van der Waals surface area (Å²) in [5, 5.41) is 23.4. The Labute approximate surface area is 436 Å². The van der Waals surface area contributed by atoms with E-state index in [0.717, 1.165) is 51.4 Å². The fourth-order valence-electron chi connectivity index (χ4n) is 9.61. The molecule has 6 nitrogen and oxygen atoms in total. The number of allylic oxidation sites excluding steroid dienone is 6. The monoisotopic (exact) mass is 984 g/mol. The van der Waals surface area contributed by atoms with Gasteiger partial charge in [-0.3, -0.25) is 9.59 Å². The lowest BCUT2D eigenvalue weighted by Crippen LogP contribution is -2.45. The minimum Gasteiger partial charge on any atom is -0.466 e. The first kappa shape index (κ1) is 68.1. The molecule has 2 unspecified atom stereocenters. The van der Waals surface area contributed by atoms with Gasteiger partial charge in [-0.15, -0.1) is 0 Å². The first-order valence-electron chi connectivity index (χ1n) is 31.2. The average molecular weight is 985 g/mol. The second-order valence-corrected chi connectivity index (χ2v) is 21.4. The Morgan fingerprint density at radius 3 is 1.16 bits per heavy atom. The van der Waals surface area contributed by atoms with Gasteiger partial charge in [-0.1, -0.05) is 281 Å². The minimum absolute atomic E-state index is 0.00890. The van der Waals surface area contributed by atoms with Crippen LogP contribution in [-0.2, 0) is 14.3 Å². The predicted molar refractivity (Wildman–Crippen MR) is 306 cm³/mol. The lowest BCUT2D eigenvalue weighted by molar-refractivity contribution is -0.143. The number of rotatable bonds is 58. The molecule has 6 heteroatoms. The summed E-state index contributed by atoms with van der Waals surface area (Å²) in [6.45, 7) is 4.89. The van der Waals surface area contributed by atoms with Gasteiger partial charge in [-0.2, -0.15) is 0 Å². The normalized spacial score (nSPS) is 12.8. The molecule has 0 radical (unpaired) electrons. The summed E-state index contributed by atoms with van der Waals surface area (Å²) in [4.78, 5) is 24.5. The number of nitrogens with one attached hydrogen (secondary N) is 1. The third-order valence-electron chi connectivity index (χ3n) is 14.4. The van der Waals surface area contributed by atoms with Gasteiger partial charge in [0.2, 0.25) is 5.91 Å². The number of aliphatic hydroxyl groups is 2. The zero-order valence-electron chi connectivity index (χ0n) is 47.0. The maximum absolute atomic E-state index is 12.5. The number of carbonyl (C=O) groups excluding carboxylic acids is 2. The number of hydrogen-bond donors (Lipinski definition) is 3. The summed E-state index contributed by atoms with van der Waals surface area (Å²) in [7, 11) is 0. The van der Waals surface area contributed by atoms with Crippen molar-refractivity contribution in [3.05, 3.63) is 36.5 Å². The largest absolute Gasteiger partial charge is 0.466 e. The molecule has 70 heavy (non-hydrogen) atoms. The summed E-state index contributed by atoms with van der Waals surface area (Å²) in [6.07, 6.45) is 74.4. The number of hydrogen-bond acceptors (Lipinski definition) is 5. The number of amides is 1. The lowest BCUT2D eigenvalue weighted by Gasteiger charge is -2.22. The van der Waals surface area contributed by atoms with Crippen molar-refractivity contribution in [3.8, 4) is 0 Å². The van der Waals surface area contributed by atoms with Gasteiger partial charge in [0, 0.05) is 12.8 Å². The van der Waals surface area contributed by atoms with Gasteiger partial charge in [0.25, 0.3) is 0 Å². The molecular formula is C64H121NO5. The molecule has 0 aliphatic heterocycles. The number of esters is 1. The van der Waals surface area contributed by atoms with E-state index in [-0.39, 0.29) is 18.5 Å². The maximum Gasteiger partial charge on any atom is 0.305 e. The van der Waals surface area contributed by atoms with Gasteiger partial charge >= 0.3 is 5.97 Å². The number of unbranched alkanes of at least 4 members (excludes halogenated alkanes) is 41. The maximum atomic E-state index is 12.5. The second kappa shape index (κ2) is 59.6. The molecule has 0 fully saturated rings. The molecule has 412 valence electrons. The topological polar surface area (TPSA) is 95.9 Å². The molecule has 0 bridgehead atoms. The molecule has 0 rings (SSSR count). The Hall–Kier alpha value is -1.92. The zero-order chi connectivity index (χ0) is 50.7. The molecule has 0 aliphatic carbocycles. The Morgan fingerprint density at radius 1 is 0.400 bits per heavy atom. The van der Waals surface area contributed by atoms with Gasteiger partial charge in [-0.05, 0) is 77.0 Å². The standard InChI is InChI=1S/C64H121NO5/c1-3-5-7-9-11-13-15-17-18-19-20-23-26-29-33-36-40-44-48-52-56-62(67)61(60-66)65-63(68)57-53-49-45-41-37-34-30-27-24-21-22-25-28-31-35-39-43-47-51-55-59-70-64(69)58-54-50-46-42-38-32-16-14-12-10-8-6-4-2/h8,10,14,16,21,24,61-62,66-67H,3-7,9,11-13,15,17-20,22-23,25-60H2,1-2H3,(H,65,68)/b10-8-,16-14-,24-21-. The van der Waals surface area contributed by atoms with E-state index >= 15 is 0 Å². The molecule has 0 saturated carbocycles. The van der Waals surface area contributed by atoms with Gasteiger partial charge in [-0.25, -0.2) is 0 Å². The third kappa shape index (κ3) is 55.4. The van der Waals surface area contributed by atoms with E-state index < -0.39 is 12.1 Å². The highest BCUT2D eigenvalue weighted by Crippen LogP contribution is 2.18. The summed E-state index contributed by atoms with van der Waals surface area (Å²) >= 11 is 0. The van der Waals surface area contributed by atoms with Crippen molar-refractivity contribution in [2.75, 3.05) is 13.2 Å². The van der Waals surface area contributed by atoms with E-state index in [4.69, 9.17) is 4.74 Å². The Bertz CT molecular complexity index is 1130. The molecule has 3 N–H and O–H groups in total. The Morgan fingerprint density at radius 2 is 0.743 bits per heavy atom. The number of ether oxygens (including phenoxy) is 1. The SMILES string of the molecule is CCC/C=C\C/C=C\CCCCCCCC(=O)OCCCCCCCCCCC/C=C\CCCCCCCCCC(=O)NC(CO)C(O)CCCCCCCCCCCCCCCCCCCCCC. The van der Waals surface area contributed by atoms with Crippen molar-refractivity contribution >= 4 is 11.9 Å². The first-order valence-corrected chi connectivity index (χ1v) is 31.2. The third-order valence-corrected chi connectivity index (χ3v) is 14.4. The highest BCUT2D eigenvalue weighted by molar-refractivity contribution is 5.76. The van der Waals surface area contributed by atoms with E-state index in [9.17, 15) is 19.8 Å². The van der Waals surface area contributed by atoms with Crippen LogP contribution in [0.25, 0.3) is 0 Å². The van der Waals surface area contributed by atoms with Crippen LogP contribution in [0, 0.1) is 0 Å². The Balaban J connectivity index is 3.44. The van der Waals surface area contributed by atoms with Crippen molar-refractivity contribution in [1.29, 1.82) is 0 Å². The average Bonchev–Trinajstić information content (AvgIpc) is 3.36. The van der Waals surface area contributed by atoms with E-state index in [2.05, 4.69) is 55.6 Å². The summed E-state index contributed by atoms with van der Waals surface area (Å²) in [5.41, 5.74) is 0. The van der Waals surface area contributed by atoms with E-state index in [1.165, 1.54) is 250 Å². The van der Waals surface area contributed by atoms with Crippen LogP contribution in [-0.4, -0.2) is 47.4 Å². The number of aliphatic hydroxyl groups excluding tert-OH is 2. The predicted octanol–water partition coefficient (Wildman–Crippen LogP) is 19.6. The van der Waals surface area contributed by atoms with Gasteiger partial charge in [0.15, 0.2) is 0 Å². The van der Waals surface area contributed by atoms with Crippen LogP contribution < -0.4 is 5.32 Å². The van der Waals surface area contributed by atoms with Crippen LogP contribution in [0.3, 0.4) is 0 Å². The van der Waals surface area contributed by atoms with E-state index in [1.54, 1.807) is 0 Å². The highest BCUT2D eigenvalue weighted by atomic mass is 16.5. The van der Waals surface area contributed by atoms with Crippen LogP contribution in [0.1, 0.15) is 335 Å². The molecule has 0 aromatic carbocycles. The molecule has 2 atom stereocenters. The molecule has 0 spiro atoms. The van der Waals surface area contributed by atoms with E-state index in [1.807, 2.05) is 0 Å². The van der Waals surface area contributed by atoms with Crippen molar-refractivity contribution in [2.24, 2.45) is 0 Å². The minimum atomic E-state index is -0.671. The molecule has 0 saturated heterocycles. The van der Waals surface area contributed by atoms with Gasteiger partial charge < -0.3 is 20.3 Å². The zero-order valence-corrected chi connectivity index (χ0v) is 47.0. The molecule has 0 aromatic rings. The molecule has 0 heterocycles. The van der Waals surface area contributed by atoms with Crippen LogP contribution in [0.4, 0.5) is 0 Å². The van der Waals surface area contributed by atoms with Crippen molar-refractivity contribution in [1.82, 2.24) is 5.32 Å². The molecular weight excluding hydrogens is 863 g/mol. The van der Waals surface area contributed by atoms with Crippen molar-refractivity contribution in [2.45, 2.75) is 347 Å².